The first-order valence-corrected chi connectivity index (χ1v) is 8.20. The van der Waals surface area contributed by atoms with E-state index in [1.165, 1.54) is 44.3 Å². The number of aliphatic hydroxyl groups excluding tert-OH is 1. The predicted molar refractivity (Wildman–Crippen MR) is 79.3 cm³/mol. The molecule has 0 radical (unpaired) electrons. The van der Waals surface area contributed by atoms with E-state index in [4.69, 9.17) is 0 Å². The zero-order chi connectivity index (χ0) is 13.9. The van der Waals surface area contributed by atoms with Crippen molar-refractivity contribution < 1.29 is 5.11 Å². The van der Waals surface area contributed by atoms with Gasteiger partial charge in [-0.05, 0) is 39.2 Å². The van der Waals surface area contributed by atoms with E-state index in [1.807, 2.05) is 12.5 Å². The first-order valence-electron chi connectivity index (χ1n) is 8.20. The summed E-state index contributed by atoms with van der Waals surface area (Å²) < 4.78 is 2.23. The van der Waals surface area contributed by atoms with Crippen LogP contribution in [0.1, 0.15) is 51.1 Å². The smallest absolute Gasteiger partial charge is 0.0948 e. The molecule has 0 aromatic carbocycles. The maximum absolute atomic E-state index is 10.2. The van der Waals surface area contributed by atoms with Crippen molar-refractivity contribution in [1.82, 2.24) is 14.5 Å². The topological polar surface area (TPSA) is 41.3 Å². The Kier molecular flexibility index (Phi) is 4.41. The van der Waals surface area contributed by atoms with Gasteiger partial charge in [-0.15, -0.1) is 0 Å². The third kappa shape index (κ3) is 2.77. The third-order valence-electron chi connectivity index (χ3n) is 5.19. The summed E-state index contributed by atoms with van der Waals surface area (Å²) in [6, 6.07) is 0.571. The molecule has 2 aliphatic rings. The van der Waals surface area contributed by atoms with Crippen LogP contribution in [0, 0.1) is 5.92 Å². The quantitative estimate of drug-likeness (QED) is 0.919. The summed E-state index contributed by atoms with van der Waals surface area (Å²) >= 11 is 0. The van der Waals surface area contributed by atoms with Gasteiger partial charge < -0.3 is 9.67 Å². The van der Waals surface area contributed by atoms with Crippen LogP contribution in [0.4, 0.5) is 0 Å². The average molecular weight is 277 g/mol. The number of aliphatic hydroxyl groups is 1. The van der Waals surface area contributed by atoms with Gasteiger partial charge in [-0.2, -0.15) is 0 Å². The van der Waals surface area contributed by atoms with Gasteiger partial charge in [0.1, 0.15) is 0 Å². The van der Waals surface area contributed by atoms with Gasteiger partial charge in [-0.3, -0.25) is 4.90 Å². The maximum Gasteiger partial charge on any atom is 0.0948 e. The lowest BCUT2D eigenvalue weighted by Crippen LogP contribution is -2.46. The number of hydrogen-bond donors (Lipinski definition) is 1. The standard InChI is InChI=1S/C16H27N3O/c1-2-18-12-17-10-13(18)11-19-9-4-3-7-15(19)14-6-5-8-16(14)20/h10,12,14-16,20H,2-9,11H2,1H3. The number of aryl methyl sites for hydroxylation is 1. The van der Waals surface area contributed by atoms with Crippen LogP contribution in [-0.2, 0) is 13.1 Å². The van der Waals surface area contributed by atoms with Crippen LogP contribution in [0.25, 0.3) is 0 Å². The van der Waals surface area contributed by atoms with Crippen LogP contribution < -0.4 is 0 Å². The van der Waals surface area contributed by atoms with Crippen LogP contribution in [0.2, 0.25) is 0 Å². The largest absolute Gasteiger partial charge is 0.393 e. The zero-order valence-corrected chi connectivity index (χ0v) is 12.5. The molecule has 1 saturated carbocycles. The van der Waals surface area contributed by atoms with Gasteiger partial charge >= 0.3 is 0 Å². The van der Waals surface area contributed by atoms with Crippen LogP contribution in [-0.4, -0.2) is 38.2 Å². The van der Waals surface area contributed by atoms with E-state index < -0.39 is 0 Å². The molecule has 0 amide bonds. The van der Waals surface area contributed by atoms with E-state index in [0.717, 1.165) is 19.5 Å². The highest BCUT2D eigenvalue weighted by molar-refractivity contribution is 5.00. The Balaban J connectivity index is 1.72. The molecule has 2 fully saturated rings. The summed E-state index contributed by atoms with van der Waals surface area (Å²) in [5.41, 5.74) is 1.31. The Labute approximate surface area is 121 Å². The van der Waals surface area contributed by atoms with Crippen molar-refractivity contribution in [1.29, 1.82) is 0 Å². The van der Waals surface area contributed by atoms with Crippen LogP contribution in [0.5, 0.6) is 0 Å². The lowest BCUT2D eigenvalue weighted by atomic mass is 9.87. The summed E-state index contributed by atoms with van der Waals surface area (Å²) in [5.74, 6) is 0.494. The first-order chi connectivity index (χ1) is 9.79. The summed E-state index contributed by atoms with van der Waals surface area (Å²) in [5, 5.41) is 10.2. The lowest BCUT2D eigenvalue weighted by molar-refractivity contribution is 0.0302. The van der Waals surface area contributed by atoms with Gasteiger partial charge in [0.25, 0.3) is 0 Å². The Morgan fingerprint density at radius 1 is 1.25 bits per heavy atom. The summed E-state index contributed by atoms with van der Waals surface area (Å²) in [4.78, 5) is 6.89. The molecular weight excluding hydrogens is 250 g/mol. The molecule has 3 atom stereocenters. The van der Waals surface area contributed by atoms with Crippen LogP contribution in [0.3, 0.4) is 0 Å². The lowest BCUT2D eigenvalue weighted by Gasteiger charge is -2.40. The molecular formula is C16H27N3O. The fourth-order valence-electron chi connectivity index (χ4n) is 4.09. The number of likely N-dealkylation sites (tertiary alicyclic amines) is 1. The van der Waals surface area contributed by atoms with Crippen molar-refractivity contribution in [3.63, 3.8) is 0 Å². The maximum atomic E-state index is 10.2. The highest BCUT2D eigenvalue weighted by Crippen LogP contribution is 2.35. The van der Waals surface area contributed by atoms with E-state index >= 15 is 0 Å². The SMILES string of the molecule is CCn1cncc1CN1CCCCC1C1CCCC1O. The number of rotatable bonds is 4. The van der Waals surface area contributed by atoms with E-state index in [0.29, 0.717) is 12.0 Å². The minimum absolute atomic E-state index is 0.0725. The van der Waals surface area contributed by atoms with Crippen molar-refractivity contribution in [2.45, 2.75) is 70.7 Å². The summed E-state index contributed by atoms with van der Waals surface area (Å²) in [6.45, 7) is 5.31. The van der Waals surface area contributed by atoms with Crippen LogP contribution >= 0.6 is 0 Å². The van der Waals surface area contributed by atoms with Gasteiger partial charge in [0, 0.05) is 31.2 Å². The molecule has 0 bridgehead atoms. The highest BCUT2D eigenvalue weighted by Gasteiger charge is 2.37. The normalized spacial score (nSPS) is 31.8. The summed E-state index contributed by atoms with van der Waals surface area (Å²) in [7, 11) is 0. The van der Waals surface area contributed by atoms with Gasteiger partial charge in [-0.1, -0.05) is 12.8 Å². The minimum atomic E-state index is -0.0725. The van der Waals surface area contributed by atoms with Gasteiger partial charge in [0.15, 0.2) is 0 Å². The number of hydrogen-bond acceptors (Lipinski definition) is 3. The van der Waals surface area contributed by atoms with Crippen molar-refractivity contribution in [3.8, 4) is 0 Å². The van der Waals surface area contributed by atoms with E-state index in [2.05, 4.69) is 21.4 Å². The molecule has 4 heteroatoms. The molecule has 1 saturated heterocycles. The second kappa shape index (κ2) is 6.27. The number of aromatic nitrogens is 2. The van der Waals surface area contributed by atoms with Gasteiger partial charge in [0.05, 0.1) is 18.1 Å². The van der Waals surface area contributed by atoms with E-state index in [-0.39, 0.29) is 6.10 Å². The fourth-order valence-corrected chi connectivity index (χ4v) is 4.09. The van der Waals surface area contributed by atoms with Crippen molar-refractivity contribution in [2.75, 3.05) is 6.54 Å². The number of nitrogens with zero attached hydrogens (tertiary/aromatic N) is 3. The summed E-state index contributed by atoms with van der Waals surface area (Å²) in [6.07, 6.45) is 11.1. The van der Waals surface area contributed by atoms with Gasteiger partial charge in [-0.25, -0.2) is 4.98 Å². The molecule has 1 aromatic rings. The second-order valence-corrected chi connectivity index (χ2v) is 6.37. The molecule has 1 aliphatic carbocycles. The van der Waals surface area contributed by atoms with Crippen molar-refractivity contribution in [3.05, 3.63) is 18.2 Å². The first kappa shape index (κ1) is 14.1. The average Bonchev–Trinajstić information content (AvgIpc) is 3.08. The molecule has 3 rings (SSSR count). The van der Waals surface area contributed by atoms with E-state index in [1.54, 1.807) is 0 Å². The second-order valence-electron chi connectivity index (χ2n) is 6.37. The molecule has 4 nitrogen and oxygen atoms in total. The van der Waals surface area contributed by atoms with Gasteiger partial charge in [0.2, 0.25) is 0 Å². The molecule has 1 aromatic heterocycles. The molecule has 1 N–H and O–H groups in total. The fraction of sp³-hybridized carbons (Fsp3) is 0.812. The molecule has 2 heterocycles. The Morgan fingerprint density at radius 2 is 2.15 bits per heavy atom. The molecule has 0 spiro atoms. The Bertz CT molecular complexity index is 431. The molecule has 112 valence electrons. The zero-order valence-electron chi connectivity index (χ0n) is 12.5. The van der Waals surface area contributed by atoms with Crippen LogP contribution in [0.15, 0.2) is 12.5 Å². The predicted octanol–water partition coefficient (Wildman–Crippen LogP) is 2.42. The highest BCUT2D eigenvalue weighted by atomic mass is 16.3. The van der Waals surface area contributed by atoms with E-state index in [9.17, 15) is 5.11 Å². The number of piperidine rings is 1. The number of imidazole rings is 1. The molecule has 20 heavy (non-hydrogen) atoms. The monoisotopic (exact) mass is 277 g/mol. The van der Waals surface area contributed by atoms with Crippen molar-refractivity contribution in [2.24, 2.45) is 5.92 Å². The Hall–Kier alpha value is -0.870. The Morgan fingerprint density at radius 3 is 2.90 bits per heavy atom. The minimum Gasteiger partial charge on any atom is -0.393 e. The third-order valence-corrected chi connectivity index (χ3v) is 5.19. The van der Waals surface area contributed by atoms with Crippen molar-refractivity contribution >= 4 is 0 Å². The molecule has 1 aliphatic heterocycles. The molecule has 3 unspecified atom stereocenters.